The topological polar surface area (TPSA) is 12.9 Å². The molecule has 0 aliphatic carbocycles. The van der Waals surface area contributed by atoms with Gasteiger partial charge in [0.2, 0.25) is 0 Å². The van der Waals surface area contributed by atoms with Gasteiger partial charge in [-0.1, -0.05) is 48.5 Å². The largest absolute Gasteiger partial charge is 0.256 e. The molecule has 0 radical (unpaired) electrons. The average molecular weight is 237 g/mol. The van der Waals surface area contributed by atoms with Crippen molar-refractivity contribution in [2.24, 2.45) is 0 Å². The summed E-state index contributed by atoms with van der Waals surface area (Å²) in [6.07, 6.45) is 1.87. The van der Waals surface area contributed by atoms with E-state index in [-0.39, 0.29) is 0 Å². The smallest absolute Gasteiger partial charge is 0.0786 e. The van der Waals surface area contributed by atoms with Gasteiger partial charge in [0.25, 0.3) is 0 Å². The molecule has 0 fully saturated rings. The van der Waals surface area contributed by atoms with Crippen molar-refractivity contribution in [3.05, 3.63) is 60.8 Å². The SMILES string of the molecule is Pc1ccccc1-c1nccc2ccccc12. The van der Waals surface area contributed by atoms with Crippen LogP contribution in [0.1, 0.15) is 0 Å². The van der Waals surface area contributed by atoms with Crippen LogP contribution in [0.2, 0.25) is 0 Å². The number of hydrogen-bond donors (Lipinski definition) is 0. The predicted molar refractivity (Wildman–Crippen MR) is 76.5 cm³/mol. The zero-order valence-electron chi connectivity index (χ0n) is 9.30. The first-order valence-electron chi connectivity index (χ1n) is 5.55. The Kier molecular flexibility index (Phi) is 2.62. The number of pyridine rings is 1. The number of fused-ring (bicyclic) bond motifs is 1. The van der Waals surface area contributed by atoms with Gasteiger partial charge in [0.15, 0.2) is 0 Å². The van der Waals surface area contributed by atoms with Crippen molar-refractivity contribution < 1.29 is 0 Å². The van der Waals surface area contributed by atoms with Crippen LogP contribution in [0.4, 0.5) is 0 Å². The maximum Gasteiger partial charge on any atom is 0.0786 e. The molecule has 0 aliphatic rings. The van der Waals surface area contributed by atoms with Crippen molar-refractivity contribution in [2.75, 3.05) is 0 Å². The Hall–Kier alpha value is -1.72. The van der Waals surface area contributed by atoms with Gasteiger partial charge in [-0.2, -0.15) is 0 Å². The van der Waals surface area contributed by atoms with Crippen molar-refractivity contribution in [1.82, 2.24) is 4.98 Å². The fourth-order valence-electron chi connectivity index (χ4n) is 2.05. The summed E-state index contributed by atoms with van der Waals surface area (Å²) in [5.41, 5.74) is 2.23. The van der Waals surface area contributed by atoms with Crippen LogP contribution in [0, 0.1) is 0 Å². The number of nitrogens with zero attached hydrogens (tertiary/aromatic N) is 1. The van der Waals surface area contributed by atoms with Crippen molar-refractivity contribution in [2.45, 2.75) is 0 Å². The molecular formula is C15H12NP. The van der Waals surface area contributed by atoms with Gasteiger partial charge in [0, 0.05) is 17.1 Å². The molecule has 0 saturated carbocycles. The highest BCUT2D eigenvalue weighted by atomic mass is 31.0. The molecule has 82 valence electrons. The third-order valence-corrected chi connectivity index (χ3v) is 3.39. The molecule has 1 heterocycles. The van der Waals surface area contributed by atoms with E-state index in [0.717, 1.165) is 5.69 Å². The van der Waals surface area contributed by atoms with E-state index < -0.39 is 0 Å². The second-order valence-corrected chi connectivity index (χ2v) is 4.59. The van der Waals surface area contributed by atoms with Crippen molar-refractivity contribution in [3.8, 4) is 11.3 Å². The fraction of sp³-hybridized carbons (Fsp3) is 0. The van der Waals surface area contributed by atoms with Gasteiger partial charge in [0.05, 0.1) is 5.69 Å². The fourth-order valence-corrected chi connectivity index (χ4v) is 2.39. The molecule has 0 saturated heterocycles. The van der Waals surface area contributed by atoms with E-state index in [1.165, 1.54) is 21.6 Å². The molecule has 0 aliphatic heterocycles. The molecule has 0 spiro atoms. The van der Waals surface area contributed by atoms with Crippen molar-refractivity contribution in [3.63, 3.8) is 0 Å². The summed E-state index contributed by atoms with van der Waals surface area (Å²) in [4.78, 5) is 4.52. The van der Waals surface area contributed by atoms with Crippen LogP contribution in [0.5, 0.6) is 0 Å². The Morgan fingerprint density at radius 3 is 2.47 bits per heavy atom. The molecule has 1 nitrogen and oxygen atoms in total. The van der Waals surface area contributed by atoms with Gasteiger partial charge in [-0.25, -0.2) is 0 Å². The second-order valence-electron chi connectivity index (χ2n) is 3.97. The lowest BCUT2D eigenvalue weighted by Gasteiger charge is -2.07. The number of rotatable bonds is 1. The van der Waals surface area contributed by atoms with Gasteiger partial charge < -0.3 is 0 Å². The van der Waals surface area contributed by atoms with E-state index in [0.29, 0.717) is 0 Å². The van der Waals surface area contributed by atoms with Crippen LogP contribution in [0.15, 0.2) is 60.8 Å². The van der Waals surface area contributed by atoms with E-state index in [1.54, 1.807) is 0 Å². The summed E-state index contributed by atoms with van der Waals surface area (Å²) in [5.74, 6) is 0. The van der Waals surface area contributed by atoms with E-state index in [2.05, 4.69) is 50.6 Å². The minimum absolute atomic E-state index is 1.05. The molecule has 0 N–H and O–H groups in total. The first-order chi connectivity index (χ1) is 8.36. The monoisotopic (exact) mass is 237 g/mol. The minimum atomic E-state index is 1.05. The highest BCUT2D eigenvalue weighted by Crippen LogP contribution is 2.25. The van der Waals surface area contributed by atoms with E-state index in [9.17, 15) is 0 Å². The quantitative estimate of drug-likeness (QED) is 0.591. The summed E-state index contributed by atoms with van der Waals surface area (Å²) >= 11 is 0. The molecule has 1 aromatic heterocycles. The Labute approximate surface area is 103 Å². The molecule has 2 aromatic carbocycles. The molecule has 17 heavy (non-hydrogen) atoms. The van der Waals surface area contributed by atoms with Crippen molar-refractivity contribution >= 4 is 25.3 Å². The minimum Gasteiger partial charge on any atom is -0.256 e. The number of benzene rings is 2. The maximum absolute atomic E-state index is 4.52. The molecule has 0 bridgehead atoms. The molecule has 2 heteroatoms. The zero-order chi connectivity index (χ0) is 11.7. The van der Waals surface area contributed by atoms with E-state index in [1.807, 2.05) is 24.4 Å². The summed E-state index contributed by atoms with van der Waals surface area (Å²) in [5, 5.41) is 3.60. The Morgan fingerprint density at radius 2 is 1.59 bits per heavy atom. The number of hydrogen-bond acceptors (Lipinski definition) is 1. The Bertz CT molecular complexity index is 671. The lowest BCUT2D eigenvalue weighted by Crippen LogP contribution is -1.97. The van der Waals surface area contributed by atoms with Crippen LogP contribution in [-0.4, -0.2) is 4.98 Å². The van der Waals surface area contributed by atoms with Crippen LogP contribution in [-0.2, 0) is 0 Å². The first kappa shape index (κ1) is 10.4. The van der Waals surface area contributed by atoms with Gasteiger partial charge in [-0.3, -0.25) is 4.98 Å². The molecule has 3 rings (SSSR count). The van der Waals surface area contributed by atoms with Gasteiger partial charge in [-0.05, 0) is 16.8 Å². The molecule has 1 unspecified atom stereocenters. The lowest BCUT2D eigenvalue weighted by molar-refractivity contribution is 1.36. The summed E-state index contributed by atoms with van der Waals surface area (Å²) < 4.78 is 0. The van der Waals surface area contributed by atoms with Crippen molar-refractivity contribution in [1.29, 1.82) is 0 Å². The second kappa shape index (κ2) is 4.27. The normalized spacial score (nSPS) is 10.6. The van der Waals surface area contributed by atoms with E-state index >= 15 is 0 Å². The summed E-state index contributed by atoms with van der Waals surface area (Å²) in [6.45, 7) is 0. The predicted octanol–water partition coefficient (Wildman–Crippen LogP) is 3.40. The summed E-state index contributed by atoms with van der Waals surface area (Å²) in [6, 6.07) is 18.7. The standard InChI is InChI=1S/C15H12NP/c17-14-8-4-3-7-13(14)15-12-6-2-1-5-11(12)9-10-16-15/h1-10H,17H2. The highest BCUT2D eigenvalue weighted by molar-refractivity contribution is 7.28. The Morgan fingerprint density at radius 1 is 0.824 bits per heavy atom. The maximum atomic E-state index is 4.52. The summed E-state index contributed by atoms with van der Waals surface area (Å²) in [7, 11) is 2.77. The average Bonchev–Trinajstić information content (AvgIpc) is 2.39. The van der Waals surface area contributed by atoms with Crippen LogP contribution >= 0.6 is 9.24 Å². The first-order valence-corrected chi connectivity index (χ1v) is 6.12. The molecule has 1 atom stereocenters. The van der Waals surface area contributed by atoms with Gasteiger partial charge in [0.1, 0.15) is 0 Å². The molecule has 3 aromatic rings. The molecule has 0 amide bonds. The van der Waals surface area contributed by atoms with Crippen LogP contribution in [0.3, 0.4) is 0 Å². The van der Waals surface area contributed by atoms with Gasteiger partial charge >= 0.3 is 0 Å². The number of aromatic nitrogens is 1. The zero-order valence-corrected chi connectivity index (χ0v) is 10.5. The molecular weight excluding hydrogens is 225 g/mol. The Balaban J connectivity index is 2.35. The van der Waals surface area contributed by atoms with Crippen LogP contribution in [0.25, 0.3) is 22.0 Å². The van der Waals surface area contributed by atoms with Gasteiger partial charge in [-0.15, -0.1) is 9.24 Å². The van der Waals surface area contributed by atoms with Crippen LogP contribution < -0.4 is 5.30 Å². The highest BCUT2D eigenvalue weighted by Gasteiger charge is 2.06. The third kappa shape index (κ3) is 1.83. The third-order valence-electron chi connectivity index (χ3n) is 2.89. The van der Waals surface area contributed by atoms with E-state index in [4.69, 9.17) is 0 Å². The lowest BCUT2D eigenvalue weighted by atomic mass is 10.0.